The molecule has 0 aliphatic heterocycles. The molecule has 1 aromatic heterocycles. The van der Waals surface area contributed by atoms with Gasteiger partial charge in [-0.05, 0) is 49.4 Å². The van der Waals surface area contributed by atoms with Gasteiger partial charge in [0.1, 0.15) is 0 Å². The summed E-state index contributed by atoms with van der Waals surface area (Å²) in [4.78, 5) is 11.2. The quantitative estimate of drug-likeness (QED) is 0.521. The van der Waals surface area contributed by atoms with Crippen LogP contribution < -0.4 is 0 Å². The first-order valence-corrected chi connectivity index (χ1v) is 7.68. The lowest BCUT2D eigenvalue weighted by Gasteiger charge is -2.00. The van der Waals surface area contributed by atoms with E-state index in [4.69, 9.17) is 4.42 Å². The third-order valence-electron chi connectivity index (χ3n) is 3.21. The van der Waals surface area contributed by atoms with Crippen LogP contribution in [0.3, 0.4) is 0 Å². The van der Waals surface area contributed by atoms with Gasteiger partial charge in [-0.3, -0.25) is 10.1 Å². The number of aryl methyl sites for hydroxylation is 2. The maximum Gasteiger partial charge on any atom is 0.283 e. The van der Waals surface area contributed by atoms with E-state index in [-0.39, 0.29) is 10.9 Å². The molecule has 6 nitrogen and oxygen atoms in total. The first-order chi connectivity index (χ1) is 11.0. The molecule has 0 aliphatic rings. The lowest BCUT2D eigenvalue weighted by molar-refractivity contribution is -0.387. The van der Waals surface area contributed by atoms with Crippen LogP contribution in [0.1, 0.15) is 11.1 Å². The number of nitro benzene ring substituents is 1. The van der Waals surface area contributed by atoms with Crippen LogP contribution in [-0.2, 0) is 0 Å². The average Bonchev–Trinajstić information content (AvgIpc) is 2.98. The van der Waals surface area contributed by atoms with Crippen molar-refractivity contribution in [2.45, 2.75) is 24.0 Å². The summed E-state index contributed by atoms with van der Waals surface area (Å²) in [6, 6.07) is 12.7. The highest BCUT2D eigenvalue weighted by Gasteiger charge is 2.18. The summed E-state index contributed by atoms with van der Waals surface area (Å²) in [7, 11) is 0. The van der Waals surface area contributed by atoms with Crippen LogP contribution in [0.15, 0.2) is 57.0 Å². The Bertz CT molecular complexity index is 859. The third-order valence-corrected chi connectivity index (χ3v) is 4.12. The maximum absolute atomic E-state index is 11.1. The van der Waals surface area contributed by atoms with Crippen LogP contribution in [0, 0.1) is 24.0 Å². The molecule has 0 saturated heterocycles. The molecule has 0 aliphatic carbocycles. The minimum atomic E-state index is -0.410. The van der Waals surface area contributed by atoms with E-state index in [9.17, 15) is 10.1 Å². The van der Waals surface area contributed by atoms with E-state index in [1.165, 1.54) is 6.07 Å². The van der Waals surface area contributed by atoms with Crippen molar-refractivity contribution in [3.05, 3.63) is 63.7 Å². The molecule has 116 valence electrons. The summed E-state index contributed by atoms with van der Waals surface area (Å²) in [5, 5.41) is 19.4. The smallest absolute Gasteiger partial charge is 0.283 e. The summed E-state index contributed by atoms with van der Waals surface area (Å²) in [5.74, 6) is 0.391. The number of aromatic nitrogens is 2. The molecule has 0 unspecified atom stereocenters. The van der Waals surface area contributed by atoms with Crippen LogP contribution in [0.2, 0.25) is 0 Å². The van der Waals surface area contributed by atoms with Gasteiger partial charge in [-0.15, -0.1) is 10.2 Å². The van der Waals surface area contributed by atoms with Crippen molar-refractivity contribution < 1.29 is 9.34 Å². The minimum absolute atomic E-state index is 0.0325. The minimum Gasteiger partial charge on any atom is -0.411 e. The Morgan fingerprint density at radius 1 is 1.04 bits per heavy atom. The first-order valence-electron chi connectivity index (χ1n) is 6.86. The second-order valence-corrected chi connectivity index (χ2v) is 6.06. The summed E-state index contributed by atoms with van der Waals surface area (Å²) in [5.41, 5.74) is 2.81. The van der Waals surface area contributed by atoms with E-state index >= 15 is 0 Å². The Morgan fingerprint density at radius 2 is 1.74 bits per heavy atom. The van der Waals surface area contributed by atoms with Gasteiger partial charge in [0, 0.05) is 11.6 Å². The van der Waals surface area contributed by atoms with Crippen molar-refractivity contribution >= 4 is 17.4 Å². The number of benzene rings is 2. The Labute approximate surface area is 136 Å². The van der Waals surface area contributed by atoms with Crippen LogP contribution in [-0.4, -0.2) is 15.1 Å². The number of hydrogen-bond donors (Lipinski definition) is 0. The van der Waals surface area contributed by atoms with E-state index in [2.05, 4.69) is 10.2 Å². The zero-order valence-electron chi connectivity index (χ0n) is 12.5. The fourth-order valence-electron chi connectivity index (χ4n) is 2.01. The van der Waals surface area contributed by atoms with E-state index < -0.39 is 4.92 Å². The molecule has 0 atom stereocenters. The van der Waals surface area contributed by atoms with Crippen molar-refractivity contribution in [3.63, 3.8) is 0 Å². The summed E-state index contributed by atoms with van der Waals surface area (Å²) in [6.45, 7) is 3.80. The molecule has 3 rings (SSSR count). The SMILES string of the molecule is Cc1ccc(-c2nnc(Sc3ccc(C)cc3[N+](=O)[O-])o2)cc1. The highest BCUT2D eigenvalue weighted by Crippen LogP contribution is 2.35. The highest BCUT2D eigenvalue weighted by molar-refractivity contribution is 7.99. The summed E-state index contributed by atoms with van der Waals surface area (Å²) >= 11 is 1.09. The second-order valence-electron chi connectivity index (χ2n) is 5.07. The Morgan fingerprint density at radius 3 is 2.43 bits per heavy atom. The van der Waals surface area contributed by atoms with Gasteiger partial charge >= 0.3 is 0 Å². The topological polar surface area (TPSA) is 82.1 Å². The van der Waals surface area contributed by atoms with Gasteiger partial charge in [-0.2, -0.15) is 0 Å². The molecule has 7 heteroatoms. The molecule has 2 aromatic carbocycles. The van der Waals surface area contributed by atoms with Crippen LogP contribution in [0.5, 0.6) is 0 Å². The van der Waals surface area contributed by atoms with Gasteiger partial charge in [-0.25, -0.2) is 0 Å². The summed E-state index contributed by atoms with van der Waals surface area (Å²) in [6.07, 6.45) is 0. The van der Waals surface area contributed by atoms with Crippen LogP contribution in [0.25, 0.3) is 11.5 Å². The van der Waals surface area contributed by atoms with Crippen molar-refractivity contribution in [3.8, 4) is 11.5 Å². The average molecular weight is 327 g/mol. The maximum atomic E-state index is 11.1. The van der Waals surface area contributed by atoms with Crippen molar-refractivity contribution in [2.24, 2.45) is 0 Å². The molecule has 0 saturated carbocycles. The number of rotatable bonds is 4. The normalized spacial score (nSPS) is 10.7. The molecular formula is C16H13N3O3S. The van der Waals surface area contributed by atoms with Gasteiger partial charge in [0.05, 0.1) is 9.82 Å². The van der Waals surface area contributed by atoms with Crippen molar-refractivity contribution in [2.75, 3.05) is 0 Å². The first kappa shape index (κ1) is 15.2. The fraction of sp³-hybridized carbons (Fsp3) is 0.125. The van der Waals surface area contributed by atoms with Crippen molar-refractivity contribution in [1.82, 2.24) is 10.2 Å². The molecule has 23 heavy (non-hydrogen) atoms. The zero-order chi connectivity index (χ0) is 16.4. The molecule has 0 fully saturated rings. The number of hydrogen-bond acceptors (Lipinski definition) is 6. The van der Waals surface area contributed by atoms with E-state index in [0.717, 1.165) is 28.5 Å². The standard InChI is InChI=1S/C16H13N3O3S/c1-10-3-6-12(7-4-10)15-17-18-16(22-15)23-14-8-5-11(2)9-13(14)19(20)21/h3-9H,1-2H3. The van der Waals surface area contributed by atoms with Gasteiger partial charge in [0.25, 0.3) is 10.9 Å². The predicted molar refractivity (Wildman–Crippen MR) is 86.4 cm³/mol. The lowest BCUT2D eigenvalue weighted by Crippen LogP contribution is -1.91. The van der Waals surface area contributed by atoms with E-state index in [1.54, 1.807) is 6.07 Å². The molecule has 0 amide bonds. The molecule has 1 heterocycles. The van der Waals surface area contributed by atoms with Gasteiger partial charge in [0.2, 0.25) is 5.89 Å². The molecule has 3 aromatic rings. The monoisotopic (exact) mass is 327 g/mol. The number of nitrogens with zero attached hydrogens (tertiary/aromatic N) is 3. The lowest BCUT2D eigenvalue weighted by atomic mass is 10.1. The van der Waals surface area contributed by atoms with Gasteiger partial charge < -0.3 is 4.42 Å². The zero-order valence-corrected chi connectivity index (χ0v) is 13.3. The number of nitro groups is 1. The van der Waals surface area contributed by atoms with Crippen LogP contribution in [0.4, 0.5) is 5.69 Å². The van der Waals surface area contributed by atoms with Gasteiger partial charge in [-0.1, -0.05) is 23.8 Å². The predicted octanol–water partition coefficient (Wildman–Crippen LogP) is 4.41. The molecule has 0 N–H and O–H groups in total. The largest absolute Gasteiger partial charge is 0.411 e. The fourth-order valence-corrected chi connectivity index (χ4v) is 2.78. The van der Waals surface area contributed by atoms with Crippen molar-refractivity contribution in [1.29, 1.82) is 0 Å². The Hall–Kier alpha value is -2.67. The van der Waals surface area contributed by atoms with Gasteiger partial charge in [0.15, 0.2) is 0 Å². The highest BCUT2D eigenvalue weighted by atomic mass is 32.2. The third kappa shape index (κ3) is 3.40. The summed E-state index contributed by atoms with van der Waals surface area (Å²) < 4.78 is 5.60. The second kappa shape index (κ2) is 6.21. The molecular weight excluding hydrogens is 314 g/mol. The Kier molecular flexibility index (Phi) is 4.12. The molecule has 0 spiro atoms. The van der Waals surface area contributed by atoms with E-state index in [1.807, 2.05) is 44.2 Å². The Balaban J connectivity index is 1.87. The van der Waals surface area contributed by atoms with E-state index in [0.29, 0.717) is 10.8 Å². The molecule has 0 radical (unpaired) electrons. The molecule has 0 bridgehead atoms. The van der Waals surface area contributed by atoms with Crippen LogP contribution >= 0.6 is 11.8 Å².